The zero-order chi connectivity index (χ0) is 16.7. The Morgan fingerprint density at radius 3 is 2.83 bits per heavy atom. The van der Waals surface area contributed by atoms with E-state index in [-0.39, 0.29) is 11.4 Å². The van der Waals surface area contributed by atoms with Gasteiger partial charge >= 0.3 is 5.63 Å². The number of anilines is 1. The Labute approximate surface area is 137 Å². The van der Waals surface area contributed by atoms with E-state index in [9.17, 15) is 14.0 Å². The van der Waals surface area contributed by atoms with E-state index in [1.807, 2.05) is 6.07 Å². The van der Waals surface area contributed by atoms with Gasteiger partial charge in [0.1, 0.15) is 17.0 Å². The number of hydrogen-bond acceptors (Lipinski definition) is 3. The first-order chi connectivity index (χ1) is 11.6. The summed E-state index contributed by atoms with van der Waals surface area (Å²) in [5, 5.41) is 0.691. The topological polar surface area (TPSA) is 50.5 Å². The molecule has 24 heavy (non-hydrogen) atoms. The summed E-state index contributed by atoms with van der Waals surface area (Å²) < 4.78 is 18.7. The number of benzene rings is 2. The summed E-state index contributed by atoms with van der Waals surface area (Å²) in [7, 11) is 0. The fourth-order valence-electron chi connectivity index (χ4n) is 3.13. The van der Waals surface area contributed by atoms with Crippen molar-refractivity contribution in [2.45, 2.75) is 12.8 Å². The molecule has 2 heterocycles. The maximum atomic E-state index is 13.4. The van der Waals surface area contributed by atoms with E-state index < -0.39 is 11.5 Å². The van der Waals surface area contributed by atoms with Crippen molar-refractivity contribution in [3.8, 4) is 0 Å². The molecule has 2 aromatic carbocycles. The molecule has 120 valence electrons. The van der Waals surface area contributed by atoms with Gasteiger partial charge < -0.3 is 9.32 Å². The minimum absolute atomic E-state index is 0.00845. The molecule has 1 aliphatic rings. The highest BCUT2D eigenvalue weighted by atomic mass is 19.1. The second kappa shape index (κ2) is 5.60. The minimum Gasteiger partial charge on any atom is -0.422 e. The van der Waals surface area contributed by atoms with E-state index in [0.29, 0.717) is 29.6 Å². The summed E-state index contributed by atoms with van der Waals surface area (Å²) in [6.45, 7) is 0.490. The van der Waals surface area contributed by atoms with Gasteiger partial charge in [0.25, 0.3) is 5.91 Å². The highest BCUT2D eigenvalue weighted by Gasteiger charge is 2.26. The lowest BCUT2D eigenvalue weighted by molar-refractivity contribution is 0.0981. The van der Waals surface area contributed by atoms with Crippen molar-refractivity contribution >= 4 is 22.6 Å². The predicted octanol–water partition coefficient (Wildman–Crippen LogP) is 3.53. The third kappa shape index (κ3) is 2.38. The molecule has 1 aromatic heterocycles. The van der Waals surface area contributed by atoms with E-state index in [2.05, 4.69) is 0 Å². The standard InChI is InChI=1S/C19H14FNO3/c20-14-7-8-16-12(10-14)5-3-9-21(16)18(22)15-11-13-4-1-2-6-17(13)24-19(15)23/h1-2,4,6-8,10-11H,3,5,9H2. The summed E-state index contributed by atoms with van der Waals surface area (Å²) >= 11 is 0. The third-order valence-electron chi connectivity index (χ3n) is 4.28. The minimum atomic E-state index is -0.659. The summed E-state index contributed by atoms with van der Waals surface area (Å²) in [6, 6.07) is 13.0. The molecule has 0 saturated carbocycles. The van der Waals surface area contributed by atoms with E-state index in [4.69, 9.17) is 4.42 Å². The monoisotopic (exact) mass is 323 g/mol. The number of halogens is 1. The molecule has 4 rings (SSSR count). The van der Waals surface area contributed by atoms with E-state index in [1.165, 1.54) is 17.0 Å². The number of carbonyl (C=O) groups excluding carboxylic acids is 1. The predicted molar refractivity (Wildman–Crippen MR) is 88.9 cm³/mol. The van der Waals surface area contributed by atoms with Crippen molar-refractivity contribution in [3.63, 3.8) is 0 Å². The molecule has 0 atom stereocenters. The van der Waals surface area contributed by atoms with Crippen molar-refractivity contribution in [1.29, 1.82) is 0 Å². The first-order valence-corrected chi connectivity index (χ1v) is 7.77. The number of carbonyl (C=O) groups is 1. The Balaban J connectivity index is 1.80. The summed E-state index contributed by atoms with van der Waals surface area (Å²) in [6.07, 6.45) is 1.43. The normalized spacial score (nSPS) is 13.8. The molecule has 3 aromatic rings. The second-order valence-electron chi connectivity index (χ2n) is 5.82. The first-order valence-electron chi connectivity index (χ1n) is 7.77. The van der Waals surface area contributed by atoms with E-state index >= 15 is 0 Å². The molecule has 1 amide bonds. The van der Waals surface area contributed by atoms with Gasteiger partial charge in [-0.3, -0.25) is 4.79 Å². The van der Waals surface area contributed by atoms with Crippen molar-refractivity contribution < 1.29 is 13.6 Å². The highest BCUT2D eigenvalue weighted by molar-refractivity contribution is 6.07. The zero-order valence-electron chi connectivity index (χ0n) is 12.8. The van der Waals surface area contributed by atoms with Crippen molar-refractivity contribution in [3.05, 3.63) is 75.9 Å². The molecule has 0 fully saturated rings. The van der Waals surface area contributed by atoms with Crippen LogP contribution in [0.5, 0.6) is 0 Å². The molecule has 0 N–H and O–H groups in total. The molecular weight excluding hydrogens is 309 g/mol. The highest BCUT2D eigenvalue weighted by Crippen LogP contribution is 2.29. The number of para-hydroxylation sites is 1. The molecule has 0 aliphatic carbocycles. The molecule has 0 radical (unpaired) electrons. The third-order valence-corrected chi connectivity index (χ3v) is 4.28. The number of aryl methyl sites for hydroxylation is 1. The van der Waals surface area contributed by atoms with Gasteiger partial charge in [-0.05, 0) is 48.7 Å². The quantitative estimate of drug-likeness (QED) is 0.644. The largest absolute Gasteiger partial charge is 0.422 e. The van der Waals surface area contributed by atoms with E-state index in [0.717, 1.165) is 12.0 Å². The van der Waals surface area contributed by atoms with Crippen molar-refractivity contribution in [1.82, 2.24) is 0 Å². The lowest BCUT2D eigenvalue weighted by atomic mass is 10.0. The van der Waals surface area contributed by atoms with Gasteiger partial charge in [-0.2, -0.15) is 0 Å². The summed E-state index contributed by atoms with van der Waals surface area (Å²) in [4.78, 5) is 26.6. The van der Waals surface area contributed by atoms with Gasteiger partial charge in [0, 0.05) is 17.6 Å². The van der Waals surface area contributed by atoms with Crippen LogP contribution in [0.25, 0.3) is 11.0 Å². The number of nitrogens with zero attached hydrogens (tertiary/aromatic N) is 1. The molecule has 0 saturated heterocycles. The van der Waals surface area contributed by atoms with Crippen LogP contribution in [0.15, 0.2) is 57.7 Å². The Bertz CT molecular complexity index is 1010. The molecule has 0 spiro atoms. The number of amides is 1. The number of fused-ring (bicyclic) bond motifs is 2. The van der Waals surface area contributed by atoms with Crippen LogP contribution in [0, 0.1) is 5.82 Å². The van der Waals surface area contributed by atoms with Gasteiger partial charge in [0.15, 0.2) is 0 Å². The average molecular weight is 323 g/mol. The lowest BCUT2D eigenvalue weighted by Gasteiger charge is -2.29. The Morgan fingerprint density at radius 1 is 1.12 bits per heavy atom. The molecule has 0 bridgehead atoms. The van der Waals surface area contributed by atoms with Crippen LogP contribution in [0.4, 0.5) is 10.1 Å². The first kappa shape index (κ1) is 14.6. The van der Waals surface area contributed by atoms with Crippen LogP contribution in [0.1, 0.15) is 22.3 Å². The zero-order valence-corrected chi connectivity index (χ0v) is 12.8. The van der Waals surface area contributed by atoms with Crippen LogP contribution in [-0.4, -0.2) is 12.5 Å². The maximum absolute atomic E-state index is 13.4. The van der Waals surface area contributed by atoms with Crippen molar-refractivity contribution in [2.24, 2.45) is 0 Å². The van der Waals surface area contributed by atoms with Gasteiger partial charge in [0.05, 0.1) is 0 Å². The lowest BCUT2D eigenvalue weighted by Crippen LogP contribution is -2.37. The molecule has 0 unspecified atom stereocenters. The summed E-state index contributed by atoms with van der Waals surface area (Å²) in [5.41, 5.74) is 1.21. The van der Waals surface area contributed by atoms with Gasteiger partial charge in [-0.15, -0.1) is 0 Å². The smallest absolute Gasteiger partial charge is 0.349 e. The average Bonchev–Trinajstić information content (AvgIpc) is 2.59. The van der Waals surface area contributed by atoms with Gasteiger partial charge in [0.2, 0.25) is 0 Å². The molecule has 5 heteroatoms. The number of hydrogen-bond donors (Lipinski definition) is 0. The Hall–Kier alpha value is -2.95. The SMILES string of the molecule is O=C(c1cc2ccccc2oc1=O)N1CCCc2cc(F)ccc21. The maximum Gasteiger partial charge on any atom is 0.349 e. The van der Waals surface area contributed by atoms with Crippen LogP contribution >= 0.6 is 0 Å². The second-order valence-corrected chi connectivity index (χ2v) is 5.82. The molecule has 4 nitrogen and oxygen atoms in total. The van der Waals surface area contributed by atoms with Gasteiger partial charge in [-0.25, -0.2) is 9.18 Å². The molecular formula is C19H14FNO3. The summed E-state index contributed by atoms with van der Waals surface area (Å²) in [5.74, 6) is -0.740. The molecule has 1 aliphatic heterocycles. The van der Waals surface area contributed by atoms with Crippen LogP contribution in [0.3, 0.4) is 0 Å². The van der Waals surface area contributed by atoms with Gasteiger partial charge in [-0.1, -0.05) is 18.2 Å². The van der Waals surface area contributed by atoms with Crippen LogP contribution < -0.4 is 10.5 Å². The number of rotatable bonds is 1. The van der Waals surface area contributed by atoms with Crippen molar-refractivity contribution in [2.75, 3.05) is 11.4 Å². The van der Waals surface area contributed by atoms with Crippen LogP contribution in [0.2, 0.25) is 0 Å². The fraction of sp³-hybridized carbons (Fsp3) is 0.158. The Kier molecular flexibility index (Phi) is 3.41. The Morgan fingerprint density at radius 2 is 1.96 bits per heavy atom. The van der Waals surface area contributed by atoms with Crippen LogP contribution in [-0.2, 0) is 6.42 Å². The van der Waals surface area contributed by atoms with E-state index in [1.54, 1.807) is 30.3 Å². The fourth-order valence-corrected chi connectivity index (χ4v) is 3.13.